The third kappa shape index (κ3) is 2.14. The molecule has 0 amide bonds. The Morgan fingerprint density at radius 2 is 2.04 bits per heavy atom. The van der Waals surface area contributed by atoms with Crippen LogP contribution in [-0.2, 0) is 0 Å². The number of benzene rings is 1. The number of fused-ring (bicyclic) bond motifs is 2. The Labute approximate surface area is 140 Å². The van der Waals surface area contributed by atoms with E-state index in [4.69, 9.17) is 9.47 Å². The Balaban J connectivity index is 2.04. The zero-order valence-corrected chi connectivity index (χ0v) is 14.5. The molecule has 4 rings (SSSR count). The van der Waals surface area contributed by atoms with Crippen molar-refractivity contribution >= 4 is 33.3 Å². The van der Waals surface area contributed by atoms with Crippen molar-refractivity contribution in [3.05, 3.63) is 39.0 Å². The average molecular weight is 346 g/mol. The molecule has 5 nitrogen and oxygen atoms in total. The lowest BCUT2D eigenvalue weighted by Gasteiger charge is -2.11. The molecule has 0 bridgehead atoms. The normalized spacial score (nSPS) is 13.0. The molecule has 1 aliphatic heterocycles. The zero-order valence-electron chi connectivity index (χ0n) is 12.9. The minimum absolute atomic E-state index is 0.0416. The number of hydrogen-bond acceptors (Lipinski definition) is 6. The number of ether oxygens (including phenoxy) is 2. The van der Waals surface area contributed by atoms with E-state index in [0.29, 0.717) is 22.0 Å². The molecule has 0 spiro atoms. The van der Waals surface area contributed by atoms with Gasteiger partial charge in [-0.05, 0) is 37.8 Å². The highest BCUT2D eigenvalue weighted by molar-refractivity contribution is 7.98. The van der Waals surface area contributed by atoms with Gasteiger partial charge in [-0.2, -0.15) is 0 Å². The molecule has 0 aliphatic carbocycles. The Morgan fingerprint density at radius 3 is 2.83 bits per heavy atom. The van der Waals surface area contributed by atoms with E-state index in [1.807, 2.05) is 38.3 Å². The molecular formula is C16H14N2O3S2. The predicted octanol–water partition coefficient (Wildman–Crippen LogP) is 3.51. The Bertz CT molecular complexity index is 991. The number of aromatic nitrogens is 2. The summed E-state index contributed by atoms with van der Waals surface area (Å²) in [6.07, 6.45) is 1.92. The Hall–Kier alpha value is -1.99. The molecule has 23 heavy (non-hydrogen) atoms. The number of thiophene rings is 1. The van der Waals surface area contributed by atoms with Crippen molar-refractivity contribution in [2.45, 2.75) is 19.0 Å². The summed E-state index contributed by atoms with van der Waals surface area (Å²) in [6.45, 7) is 4.20. The summed E-state index contributed by atoms with van der Waals surface area (Å²) in [5.41, 5.74) is 1.70. The van der Waals surface area contributed by atoms with Crippen LogP contribution in [0, 0.1) is 13.8 Å². The fourth-order valence-electron chi connectivity index (χ4n) is 2.66. The van der Waals surface area contributed by atoms with Crippen LogP contribution < -0.4 is 15.0 Å². The molecule has 0 saturated heterocycles. The molecule has 118 valence electrons. The SMILES string of the molecule is CSc1nc2sc(C)c(C)c2c(=O)n1-c1ccc2c(c1)OCO2. The molecule has 7 heteroatoms. The molecule has 0 unspecified atom stereocenters. The third-order valence-corrected chi connectivity index (χ3v) is 5.71. The maximum atomic E-state index is 13.1. The van der Waals surface area contributed by atoms with Crippen LogP contribution in [0.25, 0.3) is 15.9 Å². The van der Waals surface area contributed by atoms with Gasteiger partial charge in [-0.15, -0.1) is 11.3 Å². The van der Waals surface area contributed by atoms with Crippen molar-refractivity contribution in [2.75, 3.05) is 13.0 Å². The van der Waals surface area contributed by atoms with Crippen LogP contribution >= 0.6 is 23.1 Å². The van der Waals surface area contributed by atoms with E-state index < -0.39 is 0 Å². The largest absolute Gasteiger partial charge is 0.454 e. The number of aryl methyl sites for hydroxylation is 2. The topological polar surface area (TPSA) is 53.4 Å². The molecular weight excluding hydrogens is 332 g/mol. The lowest BCUT2D eigenvalue weighted by atomic mass is 10.2. The fraction of sp³-hybridized carbons (Fsp3) is 0.250. The summed E-state index contributed by atoms with van der Waals surface area (Å²) in [4.78, 5) is 19.7. The second-order valence-corrected chi connectivity index (χ2v) is 7.22. The third-order valence-electron chi connectivity index (χ3n) is 3.97. The predicted molar refractivity (Wildman–Crippen MR) is 92.6 cm³/mol. The first-order chi connectivity index (χ1) is 11.1. The van der Waals surface area contributed by atoms with Crippen LogP contribution in [0.15, 0.2) is 28.2 Å². The molecule has 1 aliphatic rings. The molecule has 0 N–H and O–H groups in total. The number of rotatable bonds is 2. The maximum Gasteiger partial charge on any atom is 0.267 e. The minimum Gasteiger partial charge on any atom is -0.454 e. The average Bonchev–Trinajstić information content (AvgIpc) is 3.11. The molecule has 3 heterocycles. The van der Waals surface area contributed by atoms with Crippen molar-refractivity contribution < 1.29 is 9.47 Å². The molecule has 0 fully saturated rings. The van der Waals surface area contributed by atoms with Crippen molar-refractivity contribution in [2.24, 2.45) is 0 Å². The summed E-state index contributed by atoms with van der Waals surface area (Å²) in [5, 5.41) is 1.37. The second-order valence-electron chi connectivity index (χ2n) is 5.24. The van der Waals surface area contributed by atoms with Gasteiger partial charge in [-0.25, -0.2) is 4.98 Å². The van der Waals surface area contributed by atoms with Gasteiger partial charge in [0.1, 0.15) is 4.83 Å². The van der Waals surface area contributed by atoms with Crippen LogP contribution in [0.2, 0.25) is 0 Å². The van der Waals surface area contributed by atoms with E-state index >= 15 is 0 Å². The second kappa shape index (κ2) is 5.28. The molecule has 0 saturated carbocycles. The van der Waals surface area contributed by atoms with Gasteiger partial charge >= 0.3 is 0 Å². The molecule has 3 aromatic rings. The van der Waals surface area contributed by atoms with Crippen molar-refractivity contribution in [1.29, 1.82) is 0 Å². The van der Waals surface area contributed by atoms with Gasteiger partial charge in [0.2, 0.25) is 6.79 Å². The van der Waals surface area contributed by atoms with Gasteiger partial charge in [0.15, 0.2) is 16.7 Å². The summed E-state index contributed by atoms with van der Waals surface area (Å²) < 4.78 is 12.4. The smallest absolute Gasteiger partial charge is 0.267 e. The van der Waals surface area contributed by atoms with Gasteiger partial charge in [-0.1, -0.05) is 11.8 Å². The van der Waals surface area contributed by atoms with E-state index in [9.17, 15) is 4.79 Å². The quantitative estimate of drug-likeness (QED) is 0.525. The lowest BCUT2D eigenvalue weighted by molar-refractivity contribution is 0.174. The first-order valence-electron chi connectivity index (χ1n) is 7.07. The van der Waals surface area contributed by atoms with Crippen molar-refractivity contribution in [1.82, 2.24) is 9.55 Å². The van der Waals surface area contributed by atoms with E-state index in [2.05, 4.69) is 4.98 Å². The molecule has 2 aromatic heterocycles. The van der Waals surface area contributed by atoms with E-state index in [-0.39, 0.29) is 12.4 Å². The van der Waals surface area contributed by atoms with E-state index in [1.165, 1.54) is 11.8 Å². The van der Waals surface area contributed by atoms with Crippen LogP contribution in [0.3, 0.4) is 0 Å². The van der Waals surface area contributed by atoms with Crippen molar-refractivity contribution in [3.8, 4) is 17.2 Å². The van der Waals surface area contributed by atoms with Gasteiger partial charge in [0, 0.05) is 10.9 Å². The maximum absolute atomic E-state index is 13.1. The Kier molecular flexibility index (Phi) is 3.35. The van der Waals surface area contributed by atoms with Gasteiger partial charge in [-0.3, -0.25) is 9.36 Å². The lowest BCUT2D eigenvalue weighted by Crippen LogP contribution is -2.21. The van der Waals surface area contributed by atoms with Crippen LogP contribution in [0.4, 0.5) is 0 Å². The van der Waals surface area contributed by atoms with Gasteiger partial charge in [0.05, 0.1) is 11.1 Å². The fourth-order valence-corrected chi connectivity index (χ4v) is 4.30. The minimum atomic E-state index is -0.0416. The number of hydrogen-bond donors (Lipinski definition) is 0. The first-order valence-corrected chi connectivity index (χ1v) is 9.11. The van der Waals surface area contributed by atoms with Crippen molar-refractivity contribution in [3.63, 3.8) is 0 Å². The van der Waals surface area contributed by atoms with Crippen LogP contribution in [0.5, 0.6) is 11.5 Å². The first kappa shape index (κ1) is 14.6. The molecule has 1 aromatic carbocycles. The zero-order chi connectivity index (χ0) is 16.1. The summed E-state index contributed by atoms with van der Waals surface area (Å²) in [6, 6.07) is 5.51. The van der Waals surface area contributed by atoms with Gasteiger partial charge in [0.25, 0.3) is 5.56 Å². The van der Waals surface area contributed by atoms with Crippen LogP contribution in [-0.4, -0.2) is 22.6 Å². The van der Waals surface area contributed by atoms with E-state index in [1.54, 1.807) is 15.9 Å². The number of thioether (sulfide) groups is 1. The monoisotopic (exact) mass is 346 g/mol. The van der Waals surface area contributed by atoms with Crippen LogP contribution in [0.1, 0.15) is 10.4 Å². The summed E-state index contributed by atoms with van der Waals surface area (Å²) in [5.74, 6) is 1.35. The van der Waals surface area contributed by atoms with Gasteiger partial charge < -0.3 is 9.47 Å². The van der Waals surface area contributed by atoms with E-state index in [0.717, 1.165) is 21.0 Å². The highest BCUT2D eigenvalue weighted by Gasteiger charge is 2.19. The Morgan fingerprint density at radius 1 is 1.26 bits per heavy atom. The highest BCUT2D eigenvalue weighted by atomic mass is 32.2. The molecule has 0 atom stereocenters. The standard InChI is InChI=1S/C16H14N2O3S2/c1-8-9(2)23-14-13(8)15(19)18(16(17-14)22-3)10-4-5-11-12(6-10)21-7-20-11/h4-6H,7H2,1-3H3. The molecule has 0 radical (unpaired) electrons. The number of nitrogens with zero attached hydrogens (tertiary/aromatic N) is 2. The summed E-state index contributed by atoms with van der Waals surface area (Å²) in [7, 11) is 0. The highest BCUT2D eigenvalue weighted by Crippen LogP contribution is 2.35. The summed E-state index contributed by atoms with van der Waals surface area (Å²) >= 11 is 3.02.